The van der Waals surface area contributed by atoms with Crippen molar-refractivity contribution in [2.75, 3.05) is 6.61 Å². The summed E-state index contributed by atoms with van der Waals surface area (Å²) in [4.78, 5) is 12.6. The molecule has 0 saturated carbocycles. The molecule has 0 spiro atoms. The summed E-state index contributed by atoms with van der Waals surface area (Å²) >= 11 is 0. The standard InChI is InChI=1S/C25H22N2O2/c1-2-29-24(28)21-14-16-22(20-11-7-4-8-12-20)25(17-26,18-27)23(21)15-13-19-9-5-3-6-10-19/h3-15,22-23H,2,16H2,1H3/b15-13+/t22-,23-/m0/s1. The van der Waals surface area contributed by atoms with Gasteiger partial charge in [0.25, 0.3) is 0 Å². The summed E-state index contributed by atoms with van der Waals surface area (Å²) in [5, 5.41) is 20.4. The van der Waals surface area contributed by atoms with Crippen molar-refractivity contribution in [3.8, 4) is 12.1 Å². The number of hydrogen-bond acceptors (Lipinski definition) is 4. The average Bonchev–Trinajstić information content (AvgIpc) is 2.78. The summed E-state index contributed by atoms with van der Waals surface area (Å²) in [5.74, 6) is -1.52. The van der Waals surface area contributed by atoms with Gasteiger partial charge in [0, 0.05) is 17.4 Å². The van der Waals surface area contributed by atoms with Crippen molar-refractivity contribution in [3.63, 3.8) is 0 Å². The van der Waals surface area contributed by atoms with E-state index in [4.69, 9.17) is 4.74 Å². The summed E-state index contributed by atoms with van der Waals surface area (Å²) in [6, 6.07) is 23.7. The van der Waals surface area contributed by atoms with Crippen molar-refractivity contribution >= 4 is 12.0 Å². The molecular formula is C25H22N2O2. The molecule has 1 aliphatic carbocycles. The first kappa shape index (κ1) is 20.1. The molecular weight excluding hydrogens is 360 g/mol. The van der Waals surface area contributed by atoms with E-state index in [-0.39, 0.29) is 12.5 Å². The Morgan fingerprint density at radius 1 is 1.10 bits per heavy atom. The van der Waals surface area contributed by atoms with Gasteiger partial charge in [-0.05, 0) is 24.5 Å². The number of rotatable bonds is 5. The van der Waals surface area contributed by atoms with Crippen LogP contribution in [0.4, 0.5) is 0 Å². The molecule has 0 amide bonds. The number of ether oxygens (including phenoxy) is 1. The fourth-order valence-electron chi connectivity index (χ4n) is 3.88. The third-order valence-corrected chi connectivity index (χ3v) is 5.31. The lowest BCUT2D eigenvalue weighted by Crippen LogP contribution is -2.39. The number of hydrogen-bond donors (Lipinski definition) is 0. The third kappa shape index (κ3) is 3.98. The number of nitriles is 2. The zero-order valence-electron chi connectivity index (χ0n) is 16.3. The molecule has 0 fully saturated rings. The third-order valence-electron chi connectivity index (χ3n) is 5.31. The molecule has 0 unspecified atom stereocenters. The van der Waals surface area contributed by atoms with Crippen molar-refractivity contribution < 1.29 is 9.53 Å². The lowest BCUT2D eigenvalue weighted by molar-refractivity contribution is -0.139. The van der Waals surface area contributed by atoms with Gasteiger partial charge in [-0.1, -0.05) is 78.9 Å². The summed E-state index contributed by atoms with van der Waals surface area (Å²) in [5.41, 5.74) is 0.799. The van der Waals surface area contributed by atoms with Gasteiger partial charge in [0.1, 0.15) is 0 Å². The predicted molar refractivity (Wildman–Crippen MR) is 111 cm³/mol. The van der Waals surface area contributed by atoms with E-state index in [1.165, 1.54) is 0 Å². The zero-order chi connectivity index (χ0) is 20.7. The Balaban J connectivity index is 2.13. The minimum atomic E-state index is -1.41. The van der Waals surface area contributed by atoms with E-state index in [2.05, 4.69) is 12.1 Å². The number of esters is 1. The second-order valence-electron chi connectivity index (χ2n) is 6.92. The van der Waals surface area contributed by atoms with Crippen LogP contribution in [0.2, 0.25) is 0 Å². The van der Waals surface area contributed by atoms with E-state index in [1.54, 1.807) is 13.0 Å². The molecule has 0 aliphatic heterocycles. The minimum Gasteiger partial charge on any atom is -0.463 e. The van der Waals surface area contributed by atoms with E-state index in [1.807, 2.05) is 72.8 Å². The summed E-state index contributed by atoms with van der Waals surface area (Å²) < 4.78 is 5.23. The molecule has 0 saturated heterocycles. The van der Waals surface area contributed by atoms with Gasteiger partial charge < -0.3 is 4.74 Å². The molecule has 2 aromatic rings. The van der Waals surface area contributed by atoms with Gasteiger partial charge in [-0.25, -0.2) is 4.79 Å². The highest BCUT2D eigenvalue weighted by atomic mass is 16.5. The van der Waals surface area contributed by atoms with Crippen molar-refractivity contribution in [3.05, 3.63) is 89.5 Å². The molecule has 4 nitrogen and oxygen atoms in total. The summed E-state index contributed by atoms with van der Waals surface area (Å²) in [7, 11) is 0. The molecule has 0 bridgehead atoms. The molecule has 144 valence electrons. The smallest absolute Gasteiger partial charge is 0.334 e. The Morgan fingerprint density at radius 3 is 2.31 bits per heavy atom. The molecule has 0 N–H and O–H groups in total. The van der Waals surface area contributed by atoms with Crippen molar-refractivity contribution in [2.24, 2.45) is 11.3 Å². The maximum absolute atomic E-state index is 12.6. The average molecular weight is 382 g/mol. The van der Waals surface area contributed by atoms with Crippen LogP contribution in [0, 0.1) is 34.0 Å². The van der Waals surface area contributed by atoms with Crippen LogP contribution in [0.5, 0.6) is 0 Å². The topological polar surface area (TPSA) is 73.9 Å². The molecule has 0 heterocycles. The first-order chi connectivity index (χ1) is 14.2. The van der Waals surface area contributed by atoms with Crippen LogP contribution < -0.4 is 0 Å². The minimum absolute atomic E-state index is 0.236. The SMILES string of the molecule is CCOC(=O)C1=CC[C@@H](c2ccccc2)C(C#N)(C#N)[C@H]1/C=C/c1ccccc1. The highest BCUT2D eigenvalue weighted by molar-refractivity contribution is 5.90. The van der Waals surface area contributed by atoms with Gasteiger partial charge in [-0.3, -0.25) is 0 Å². The van der Waals surface area contributed by atoms with Gasteiger partial charge in [-0.15, -0.1) is 0 Å². The van der Waals surface area contributed by atoms with E-state index in [9.17, 15) is 15.3 Å². The Kier molecular flexibility index (Phi) is 6.27. The van der Waals surface area contributed by atoms with Crippen LogP contribution in [-0.4, -0.2) is 12.6 Å². The first-order valence-electron chi connectivity index (χ1n) is 9.64. The Morgan fingerprint density at radius 2 is 1.72 bits per heavy atom. The predicted octanol–water partition coefficient (Wildman–Crippen LogP) is 5.03. The van der Waals surface area contributed by atoms with Crippen molar-refractivity contribution in [2.45, 2.75) is 19.3 Å². The van der Waals surface area contributed by atoms with Gasteiger partial charge in [0.05, 0.1) is 18.7 Å². The second-order valence-corrected chi connectivity index (χ2v) is 6.92. The maximum Gasteiger partial charge on any atom is 0.334 e. The highest BCUT2D eigenvalue weighted by Crippen LogP contribution is 2.51. The zero-order valence-corrected chi connectivity index (χ0v) is 16.3. The molecule has 29 heavy (non-hydrogen) atoms. The van der Waals surface area contributed by atoms with Crippen molar-refractivity contribution in [1.29, 1.82) is 10.5 Å². The molecule has 2 aromatic carbocycles. The van der Waals surface area contributed by atoms with E-state index >= 15 is 0 Å². The maximum atomic E-state index is 12.6. The van der Waals surface area contributed by atoms with Crippen LogP contribution in [0.1, 0.15) is 30.4 Å². The molecule has 3 rings (SSSR count). The van der Waals surface area contributed by atoms with E-state index < -0.39 is 17.3 Å². The largest absolute Gasteiger partial charge is 0.463 e. The summed E-state index contributed by atoms with van der Waals surface area (Å²) in [6.07, 6.45) is 5.89. The number of carbonyl (C=O) groups excluding carboxylic acids is 1. The monoisotopic (exact) mass is 382 g/mol. The number of allylic oxidation sites excluding steroid dienone is 2. The normalized spacial score (nSPS) is 20.3. The summed E-state index contributed by atoms with van der Waals surface area (Å²) in [6.45, 7) is 1.98. The Labute approximate surface area is 171 Å². The number of benzene rings is 2. The molecule has 0 radical (unpaired) electrons. The number of nitrogens with zero attached hydrogens (tertiary/aromatic N) is 2. The van der Waals surface area contributed by atoms with Crippen molar-refractivity contribution in [1.82, 2.24) is 0 Å². The fourth-order valence-corrected chi connectivity index (χ4v) is 3.88. The molecule has 4 heteroatoms. The lowest BCUT2D eigenvalue weighted by atomic mass is 9.59. The fraction of sp³-hybridized carbons (Fsp3) is 0.240. The van der Waals surface area contributed by atoms with Gasteiger partial charge in [-0.2, -0.15) is 10.5 Å². The van der Waals surface area contributed by atoms with Crippen LogP contribution in [-0.2, 0) is 9.53 Å². The highest BCUT2D eigenvalue weighted by Gasteiger charge is 2.51. The number of carbonyl (C=O) groups is 1. The van der Waals surface area contributed by atoms with Gasteiger partial charge in [0.2, 0.25) is 0 Å². The molecule has 1 aliphatic rings. The quantitative estimate of drug-likeness (QED) is 0.680. The van der Waals surface area contributed by atoms with Crippen LogP contribution in [0.25, 0.3) is 6.08 Å². The van der Waals surface area contributed by atoms with Crippen LogP contribution in [0.15, 0.2) is 78.4 Å². The first-order valence-corrected chi connectivity index (χ1v) is 9.64. The molecule has 0 aromatic heterocycles. The Bertz CT molecular complexity index is 981. The van der Waals surface area contributed by atoms with E-state index in [0.29, 0.717) is 12.0 Å². The van der Waals surface area contributed by atoms with Gasteiger partial charge >= 0.3 is 5.97 Å². The Hall–Kier alpha value is -3.63. The van der Waals surface area contributed by atoms with E-state index in [0.717, 1.165) is 11.1 Å². The lowest BCUT2D eigenvalue weighted by Gasteiger charge is -2.38. The second kappa shape index (κ2) is 9.04. The van der Waals surface area contributed by atoms with Crippen LogP contribution >= 0.6 is 0 Å². The molecule has 2 atom stereocenters. The van der Waals surface area contributed by atoms with Crippen LogP contribution in [0.3, 0.4) is 0 Å². The van der Waals surface area contributed by atoms with Gasteiger partial charge in [0.15, 0.2) is 5.41 Å².